The van der Waals surface area contributed by atoms with E-state index in [0.29, 0.717) is 0 Å². The third kappa shape index (κ3) is 7.33. The first kappa shape index (κ1) is 19.6. The molecule has 2 rings (SSSR count). The van der Waals surface area contributed by atoms with Crippen molar-refractivity contribution in [3.05, 3.63) is 35.9 Å². The molecule has 0 heterocycles. The highest BCUT2D eigenvalue weighted by atomic mass is 16.5. The van der Waals surface area contributed by atoms with E-state index in [1.807, 2.05) is 12.1 Å². The van der Waals surface area contributed by atoms with Crippen molar-refractivity contribution in [2.75, 3.05) is 19.0 Å². The number of carbonyl (C=O) groups excluding carboxylic acids is 1. The smallest absolute Gasteiger partial charge is 0.330 e. The Balaban J connectivity index is 1.67. The van der Waals surface area contributed by atoms with E-state index in [-0.39, 0.29) is 5.97 Å². The molecule has 1 unspecified atom stereocenters. The van der Waals surface area contributed by atoms with E-state index < -0.39 is 0 Å². The van der Waals surface area contributed by atoms with Crippen LogP contribution in [0.25, 0.3) is 6.08 Å². The van der Waals surface area contributed by atoms with Crippen LogP contribution in [0.5, 0.6) is 0 Å². The van der Waals surface area contributed by atoms with Crippen LogP contribution in [0.1, 0.15) is 63.9 Å². The van der Waals surface area contributed by atoms with Gasteiger partial charge in [0.05, 0.1) is 7.11 Å². The molecule has 1 atom stereocenters. The molecular weight excluding hydrogens is 310 g/mol. The molecule has 1 aromatic rings. The van der Waals surface area contributed by atoms with E-state index in [1.54, 1.807) is 6.08 Å². The molecule has 1 aliphatic rings. The van der Waals surface area contributed by atoms with Crippen LogP contribution in [0.4, 0.5) is 5.69 Å². The number of nitrogens with one attached hydrogen (secondary N) is 1. The van der Waals surface area contributed by atoms with Crippen LogP contribution in [-0.4, -0.2) is 19.6 Å². The Morgan fingerprint density at radius 2 is 1.88 bits per heavy atom. The first-order valence-electron chi connectivity index (χ1n) is 9.79. The van der Waals surface area contributed by atoms with Gasteiger partial charge in [0.15, 0.2) is 0 Å². The molecule has 1 saturated carbocycles. The van der Waals surface area contributed by atoms with Crippen molar-refractivity contribution in [2.45, 2.75) is 58.3 Å². The van der Waals surface area contributed by atoms with E-state index in [2.05, 4.69) is 29.1 Å². The minimum atomic E-state index is -0.329. The Kier molecular flexibility index (Phi) is 8.58. The van der Waals surface area contributed by atoms with Crippen LogP contribution in [-0.2, 0) is 9.53 Å². The number of ether oxygens (including phenoxy) is 1. The summed E-state index contributed by atoms with van der Waals surface area (Å²) in [5.74, 6) is 1.47. The standard InChI is InChI=1S/C22H33NO2/c1-18(20-9-5-3-4-6-10-20)8-7-17-23-21-14-11-19(12-15-21)13-16-22(24)25-2/h11-16,18,20,23H,3-10,17H2,1-2H3/b16-13+. The summed E-state index contributed by atoms with van der Waals surface area (Å²) in [4.78, 5) is 11.1. The second kappa shape index (κ2) is 11.0. The minimum absolute atomic E-state index is 0.329. The minimum Gasteiger partial charge on any atom is -0.466 e. The SMILES string of the molecule is COC(=O)/C=C/c1ccc(NCCCC(C)C2CCCCCC2)cc1. The molecular formula is C22H33NO2. The highest BCUT2D eigenvalue weighted by molar-refractivity contribution is 5.86. The van der Waals surface area contributed by atoms with Crippen molar-refractivity contribution in [3.8, 4) is 0 Å². The summed E-state index contributed by atoms with van der Waals surface area (Å²) in [5, 5.41) is 3.50. The van der Waals surface area contributed by atoms with Crippen LogP contribution < -0.4 is 5.32 Å². The molecule has 25 heavy (non-hydrogen) atoms. The van der Waals surface area contributed by atoms with Crippen molar-refractivity contribution in [2.24, 2.45) is 11.8 Å². The average molecular weight is 344 g/mol. The van der Waals surface area contributed by atoms with Crippen molar-refractivity contribution in [3.63, 3.8) is 0 Å². The Morgan fingerprint density at radius 3 is 2.52 bits per heavy atom. The molecule has 0 radical (unpaired) electrons. The Bertz CT molecular complexity index is 527. The van der Waals surface area contributed by atoms with Gasteiger partial charge >= 0.3 is 5.97 Å². The van der Waals surface area contributed by atoms with E-state index >= 15 is 0 Å². The van der Waals surface area contributed by atoms with Gasteiger partial charge in [0.25, 0.3) is 0 Å². The molecule has 1 N–H and O–H groups in total. The van der Waals surface area contributed by atoms with Gasteiger partial charge in [-0.25, -0.2) is 4.79 Å². The lowest BCUT2D eigenvalue weighted by molar-refractivity contribution is -0.134. The summed E-state index contributed by atoms with van der Waals surface area (Å²) < 4.78 is 4.59. The molecule has 0 spiro atoms. The summed E-state index contributed by atoms with van der Waals surface area (Å²) in [7, 11) is 1.39. The molecule has 0 aliphatic heterocycles. The molecule has 3 nitrogen and oxygen atoms in total. The van der Waals surface area contributed by atoms with Crippen molar-refractivity contribution < 1.29 is 9.53 Å². The van der Waals surface area contributed by atoms with Crippen molar-refractivity contribution >= 4 is 17.7 Å². The fraction of sp³-hybridized carbons (Fsp3) is 0.591. The number of anilines is 1. The van der Waals surface area contributed by atoms with Crippen LogP contribution in [0.3, 0.4) is 0 Å². The van der Waals surface area contributed by atoms with E-state index in [1.165, 1.54) is 64.6 Å². The molecule has 0 amide bonds. The second-order valence-corrected chi connectivity index (χ2v) is 7.28. The lowest BCUT2D eigenvalue weighted by Crippen LogP contribution is -2.13. The maximum atomic E-state index is 11.1. The Labute approximate surface area is 152 Å². The predicted molar refractivity (Wildman–Crippen MR) is 106 cm³/mol. The van der Waals surface area contributed by atoms with E-state index in [4.69, 9.17) is 0 Å². The second-order valence-electron chi connectivity index (χ2n) is 7.28. The van der Waals surface area contributed by atoms with Crippen LogP contribution in [0.15, 0.2) is 30.3 Å². The van der Waals surface area contributed by atoms with Crippen LogP contribution in [0.2, 0.25) is 0 Å². The van der Waals surface area contributed by atoms with Gasteiger partial charge in [0, 0.05) is 18.3 Å². The number of rotatable bonds is 8. The zero-order valence-electron chi connectivity index (χ0n) is 15.8. The zero-order chi connectivity index (χ0) is 17.9. The lowest BCUT2D eigenvalue weighted by Gasteiger charge is -2.22. The number of carbonyl (C=O) groups is 1. The van der Waals surface area contributed by atoms with Gasteiger partial charge < -0.3 is 10.1 Å². The maximum absolute atomic E-state index is 11.1. The van der Waals surface area contributed by atoms with Gasteiger partial charge in [-0.15, -0.1) is 0 Å². The largest absolute Gasteiger partial charge is 0.466 e. The lowest BCUT2D eigenvalue weighted by atomic mass is 9.84. The summed E-state index contributed by atoms with van der Waals surface area (Å²) in [5.41, 5.74) is 2.13. The summed E-state index contributed by atoms with van der Waals surface area (Å²) in [6, 6.07) is 8.14. The van der Waals surface area contributed by atoms with E-state index in [0.717, 1.165) is 29.6 Å². The van der Waals surface area contributed by atoms with Gasteiger partial charge in [-0.05, 0) is 48.4 Å². The fourth-order valence-corrected chi connectivity index (χ4v) is 3.72. The van der Waals surface area contributed by atoms with Gasteiger partial charge in [-0.2, -0.15) is 0 Å². The topological polar surface area (TPSA) is 38.3 Å². The predicted octanol–water partition coefficient (Wildman–Crippen LogP) is 5.67. The highest BCUT2D eigenvalue weighted by Crippen LogP contribution is 2.31. The molecule has 0 bridgehead atoms. The summed E-state index contributed by atoms with van der Waals surface area (Å²) in [6.07, 6.45) is 14.4. The maximum Gasteiger partial charge on any atom is 0.330 e. The molecule has 3 heteroatoms. The van der Waals surface area contributed by atoms with Gasteiger partial charge in [-0.3, -0.25) is 0 Å². The number of esters is 1. The molecule has 1 aliphatic carbocycles. The highest BCUT2D eigenvalue weighted by Gasteiger charge is 2.18. The first-order chi connectivity index (χ1) is 12.2. The Hall–Kier alpha value is -1.77. The third-order valence-electron chi connectivity index (χ3n) is 5.39. The third-order valence-corrected chi connectivity index (χ3v) is 5.39. The van der Waals surface area contributed by atoms with Gasteiger partial charge in [-0.1, -0.05) is 57.6 Å². The van der Waals surface area contributed by atoms with Crippen LogP contribution >= 0.6 is 0 Å². The molecule has 138 valence electrons. The van der Waals surface area contributed by atoms with Crippen molar-refractivity contribution in [1.82, 2.24) is 0 Å². The summed E-state index contributed by atoms with van der Waals surface area (Å²) >= 11 is 0. The number of hydrogen-bond acceptors (Lipinski definition) is 3. The van der Waals surface area contributed by atoms with E-state index in [9.17, 15) is 4.79 Å². The van der Waals surface area contributed by atoms with Gasteiger partial charge in [0.2, 0.25) is 0 Å². The number of methoxy groups -OCH3 is 1. The van der Waals surface area contributed by atoms with Crippen LogP contribution in [0, 0.1) is 11.8 Å². The first-order valence-corrected chi connectivity index (χ1v) is 9.79. The number of hydrogen-bond donors (Lipinski definition) is 1. The quantitative estimate of drug-likeness (QED) is 0.286. The average Bonchev–Trinajstić information content (AvgIpc) is 2.93. The van der Waals surface area contributed by atoms with Crippen molar-refractivity contribution in [1.29, 1.82) is 0 Å². The fourth-order valence-electron chi connectivity index (χ4n) is 3.72. The molecule has 0 aromatic heterocycles. The normalized spacial score (nSPS) is 17.2. The zero-order valence-corrected chi connectivity index (χ0v) is 15.8. The number of benzene rings is 1. The summed E-state index contributed by atoms with van der Waals surface area (Å²) in [6.45, 7) is 3.47. The molecule has 0 saturated heterocycles. The monoisotopic (exact) mass is 343 g/mol. The molecule has 1 aromatic carbocycles. The Morgan fingerprint density at radius 1 is 1.20 bits per heavy atom. The molecule has 1 fully saturated rings. The van der Waals surface area contributed by atoms with Gasteiger partial charge in [0.1, 0.15) is 0 Å².